The summed E-state index contributed by atoms with van der Waals surface area (Å²) in [5.74, 6) is 0.660. The lowest BCUT2D eigenvalue weighted by Gasteiger charge is -2.24. The molecule has 0 saturated carbocycles. The second-order valence-electron chi connectivity index (χ2n) is 6.61. The number of halogens is 1. The SMILES string of the molecule is C[C@@H](CNc1cc(-c2ccc(F)cc2)nc2ccnn12)N1CCCC1. The van der Waals surface area contributed by atoms with E-state index in [1.807, 2.05) is 16.6 Å². The van der Waals surface area contributed by atoms with Crippen molar-refractivity contribution in [1.82, 2.24) is 19.5 Å². The minimum absolute atomic E-state index is 0.244. The first kappa shape index (κ1) is 16.0. The van der Waals surface area contributed by atoms with Crippen LogP contribution in [0.2, 0.25) is 0 Å². The van der Waals surface area contributed by atoms with E-state index in [0.29, 0.717) is 6.04 Å². The molecule has 3 heterocycles. The van der Waals surface area contributed by atoms with Crippen LogP contribution in [0.15, 0.2) is 42.6 Å². The number of hydrogen-bond donors (Lipinski definition) is 1. The molecule has 1 fully saturated rings. The van der Waals surface area contributed by atoms with Crippen molar-refractivity contribution in [3.8, 4) is 11.3 Å². The largest absolute Gasteiger partial charge is 0.368 e. The van der Waals surface area contributed by atoms with Crippen molar-refractivity contribution in [3.05, 3.63) is 48.4 Å². The molecule has 0 bridgehead atoms. The molecule has 1 aliphatic rings. The zero-order chi connectivity index (χ0) is 17.2. The third-order valence-electron chi connectivity index (χ3n) is 4.84. The first-order valence-electron chi connectivity index (χ1n) is 8.79. The fourth-order valence-corrected chi connectivity index (χ4v) is 3.37. The molecule has 1 aromatic carbocycles. The minimum Gasteiger partial charge on any atom is -0.368 e. The van der Waals surface area contributed by atoms with Crippen LogP contribution in [-0.4, -0.2) is 45.2 Å². The number of hydrogen-bond acceptors (Lipinski definition) is 4. The van der Waals surface area contributed by atoms with Crippen molar-refractivity contribution < 1.29 is 4.39 Å². The lowest BCUT2D eigenvalue weighted by molar-refractivity contribution is 0.269. The summed E-state index contributed by atoms with van der Waals surface area (Å²) in [6.07, 6.45) is 4.32. The van der Waals surface area contributed by atoms with Crippen molar-refractivity contribution in [1.29, 1.82) is 0 Å². The van der Waals surface area contributed by atoms with Gasteiger partial charge < -0.3 is 5.32 Å². The Morgan fingerprint density at radius 2 is 1.92 bits per heavy atom. The second-order valence-corrected chi connectivity index (χ2v) is 6.61. The predicted octanol–water partition coefficient (Wildman–Crippen LogP) is 3.43. The van der Waals surface area contributed by atoms with E-state index in [9.17, 15) is 4.39 Å². The molecule has 1 atom stereocenters. The molecule has 0 radical (unpaired) electrons. The molecule has 0 unspecified atom stereocenters. The van der Waals surface area contributed by atoms with Gasteiger partial charge in [-0.15, -0.1) is 0 Å². The number of fused-ring (bicyclic) bond motifs is 1. The van der Waals surface area contributed by atoms with Crippen LogP contribution in [-0.2, 0) is 0 Å². The van der Waals surface area contributed by atoms with Crippen molar-refractivity contribution >= 4 is 11.5 Å². The molecule has 25 heavy (non-hydrogen) atoms. The van der Waals surface area contributed by atoms with E-state index in [1.165, 1.54) is 38.1 Å². The molecule has 2 aromatic heterocycles. The standard InChI is InChI=1S/C19H22FN5/c1-14(24-10-2-3-11-24)13-21-19-12-17(15-4-6-16(20)7-5-15)23-18-8-9-22-25(18)19/h4-9,12,14,21H,2-3,10-11,13H2,1H3/t14-/m0/s1. The van der Waals surface area contributed by atoms with Gasteiger partial charge in [0.25, 0.3) is 0 Å². The maximum Gasteiger partial charge on any atom is 0.157 e. The quantitative estimate of drug-likeness (QED) is 0.773. The van der Waals surface area contributed by atoms with E-state index in [4.69, 9.17) is 0 Å². The van der Waals surface area contributed by atoms with Crippen LogP contribution in [0.3, 0.4) is 0 Å². The average Bonchev–Trinajstić information content (AvgIpc) is 3.31. The third kappa shape index (κ3) is 3.35. The highest BCUT2D eigenvalue weighted by atomic mass is 19.1. The van der Waals surface area contributed by atoms with Gasteiger partial charge in [-0.25, -0.2) is 9.37 Å². The Labute approximate surface area is 146 Å². The van der Waals surface area contributed by atoms with Gasteiger partial charge in [-0.05, 0) is 57.1 Å². The first-order chi connectivity index (χ1) is 12.2. The summed E-state index contributed by atoms with van der Waals surface area (Å²) in [7, 11) is 0. The van der Waals surface area contributed by atoms with Crippen molar-refractivity contribution in [2.75, 3.05) is 25.0 Å². The molecule has 1 N–H and O–H groups in total. The van der Waals surface area contributed by atoms with E-state index in [2.05, 4.69) is 27.2 Å². The van der Waals surface area contributed by atoms with Crippen LogP contribution in [0.4, 0.5) is 10.2 Å². The van der Waals surface area contributed by atoms with Crippen molar-refractivity contribution in [3.63, 3.8) is 0 Å². The molecule has 0 amide bonds. The van der Waals surface area contributed by atoms with Crippen molar-refractivity contribution in [2.24, 2.45) is 0 Å². The van der Waals surface area contributed by atoms with E-state index in [-0.39, 0.29) is 5.82 Å². The van der Waals surface area contributed by atoms with Crippen LogP contribution >= 0.6 is 0 Å². The highest BCUT2D eigenvalue weighted by Crippen LogP contribution is 2.23. The zero-order valence-electron chi connectivity index (χ0n) is 14.3. The number of benzene rings is 1. The maximum atomic E-state index is 13.2. The van der Waals surface area contributed by atoms with Gasteiger partial charge in [0.05, 0.1) is 11.9 Å². The summed E-state index contributed by atoms with van der Waals surface area (Å²) < 4.78 is 15.0. The Hall–Kier alpha value is -2.47. The highest BCUT2D eigenvalue weighted by Gasteiger charge is 2.18. The summed E-state index contributed by atoms with van der Waals surface area (Å²) in [5.41, 5.74) is 2.48. The number of nitrogens with zero attached hydrogens (tertiary/aromatic N) is 4. The van der Waals surface area contributed by atoms with Gasteiger partial charge in [-0.1, -0.05) is 0 Å². The average molecular weight is 339 g/mol. The Balaban J connectivity index is 1.60. The number of nitrogens with one attached hydrogen (secondary N) is 1. The number of anilines is 1. The molecule has 5 nitrogen and oxygen atoms in total. The van der Waals surface area contributed by atoms with Gasteiger partial charge in [-0.3, -0.25) is 4.90 Å². The highest BCUT2D eigenvalue weighted by molar-refractivity contribution is 5.66. The first-order valence-corrected chi connectivity index (χ1v) is 8.79. The van der Waals surface area contributed by atoms with Gasteiger partial charge >= 0.3 is 0 Å². The topological polar surface area (TPSA) is 45.5 Å². The molecular formula is C19H22FN5. The maximum absolute atomic E-state index is 13.2. The van der Waals surface area contributed by atoms with E-state index >= 15 is 0 Å². The van der Waals surface area contributed by atoms with Gasteiger partial charge in [0.15, 0.2) is 5.65 Å². The van der Waals surface area contributed by atoms with Crippen molar-refractivity contribution in [2.45, 2.75) is 25.8 Å². The van der Waals surface area contributed by atoms with Gasteiger partial charge in [0.1, 0.15) is 11.6 Å². The van der Waals surface area contributed by atoms with Crippen LogP contribution in [0.5, 0.6) is 0 Å². The molecule has 6 heteroatoms. The zero-order valence-corrected chi connectivity index (χ0v) is 14.3. The fourth-order valence-electron chi connectivity index (χ4n) is 3.37. The normalized spacial score (nSPS) is 16.4. The number of likely N-dealkylation sites (tertiary alicyclic amines) is 1. The minimum atomic E-state index is -0.244. The molecule has 3 aromatic rings. The predicted molar refractivity (Wildman–Crippen MR) is 97.1 cm³/mol. The molecule has 0 spiro atoms. The Morgan fingerprint density at radius 1 is 1.16 bits per heavy atom. The monoisotopic (exact) mass is 339 g/mol. The van der Waals surface area contributed by atoms with E-state index < -0.39 is 0 Å². The molecule has 1 aliphatic heterocycles. The summed E-state index contributed by atoms with van der Waals surface area (Å²) >= 11 is 0. The van der Waals surface area contributed by atoms with E-state index in [0.717, 1.165) is 29.3 Å². The van der Waals surface area contributed by atoms with Gasteiger partial charge in [0.2, 0.25) is 0 Å². The Bertz CT molecular complexity index is 852. The summed E-state index contributed by atoms with van der Waals surface area (Å²) in [6, 6.07) is 10.7. The number of aromatic nitrogens is 3. The van der Waals surface area contributed by atoms with E-state index in [1.54, 1.807) is 18.3 Å². The van der Waals surface area contributed by atoms with Crippen LogP contribution in [0.1, 0.15) is 19.8 Å². The fraction of sp³-hybridized carbons (Fsp3) is 0.368. The van der Waals surface area contributed by atoms with Crippen LogP contribution in [0, 0.1) is 5.82 Å². The number of rotatable bonds is 5. The molecule has 130 valence electrons. The lowest BCUT2D eigenvalue weighted by Crippen LogP contribution is -2.35. The molecule has 1 saturated heterocycles. The Kier molecular flexibility index (Phi) is 4.36. The van der Waals surface area contributed by atoms with Gasteiger partial charge in [0, 0.05) is 30.3 Å². The molecule has 0 aliphatic carbocycles. The summed E-state index contributed by atoms with van der Waals surface area (Å²) in [6.45, 7) is 5.46. The van der Waals surface area contributed by atoms with Crippen LogP contribution < -0.4 is 5.32 Å². The van der Waals surface area contributed by atoms with Crippen LogP contribution in [0.25, 0.3) is 16.9 Å². The Morgan fingerprint density at radius 3 is 2.68 bits per heavy atom. The summed E-state index contributed by atoms with van der Waals surface area (Å²) in [5, 5.41) is 7.88. The third-order valence-corrected chi connectivity index (χ3v) is 4.84. The molecule has 4 rings (SSSR count). The summed E-state index contributed by atoms with van der Waals surface area (Å²) in [4.78, 5) is 7.14. The second kappa shape index (κ2) is 6.80. The molecular weight excluding hydrogens is 317 g/mol. The smallest absolute Gasteiger partial charge is 0.157 e. The lowest BCUT2D eigenvalue weighted by atomic mass is 10.1. The van der Waals surface area contributed by atoms with Gasteiger partial charge in [-0.2, -0.15) is 9.61 Å².